The van der Waals surface area contributed by atoms with Crippen molar-refractivity contribution in [3.05, 3.63) is 145 Å². The Labute approximate surface area is 449 Å². The summed E-state index contributed by atoms with van der Waals surface area (Å²) in [6, 6.07) is 0. The topological polar surface area (TPSA) is 186 Å². The van der Waals surface area contributed by atoms with E-state index in [1.807, 2.05) is 207 Å². The van der Waals surface area contributed by atoms with E-state index in [0.29, 0.717) is 0 Å². The number of nitrogens with one attached hydrogen (secondary N) is 2. The maximum absolute atomic E-state index is 4.72. The number of H-pyrrole nitrogens is 2. The fraction of sp³-hybridized carbons (Fsp3) is 0.509. The molecular weight excluding hydrogens is 965 g/mol. The van der Waals surface area contributed by atoms with E-state index in [9.17, 15) is 0 Å². The van der Waals surface area contributed by atoms with Gasteiger partial charge in [-0.05, 0) is 62.3 Å². The minimum absolute atomic E-state index is 0.718. The van der Waals surface area contributed by atoms with Crippen LogP contribution in [0.1, 0.15) is 173 Å². The van der Waals surface area contributed by atoms with Crippen LogP contribution in [0.25, 0.3) is 0 Å². The molecular formula is C53H98N12O2S4. The molecule has 406 valence electrons. The third kappa shape index (κ3) is 71.4. The van der Waals surface area contributed by atoms with E-state index in [0.717, 1.165) is 55.9 Å². The molecule has 9 heterocycles. The maximum atomic E-state index is 4.72. The summed E-state index contributed by atoms with van der Waals surface area (Å²) in [6.45, 7) is 51.5. The number of aromatic amines is 2. The number of nitrogens with zero attached hydrogens (tertiary/aromatic N) is 10. The minimum atomic E-state index is 0.718. The smallest absolute Gasteiger partial charge is 0.190 e. The van der Waals surface area contributed by atoms with Gasteiger partial charge in [0.2, 0.25) is 0 Å². The summed E-state index contributed by atoms with van der Waals surface area (Å²) in [5, 5.41) is 14.8. The van der Waals surface area contributed by atoms with Gasteiger partial charge in [-0.15, -0.1) is 55.5 Å². The van der Waals surface area contributed by atoms with Gasteiger partial charge in [-0.25, -0.2) is 19.9 Å². The fourth-order valence-electron chi connectivity index (χ4n) is 2.95. The largest absolute Gasteiger partial charge is 0.452 e. The fourth-order valence-corrected chi connectivity index (χ4v) is 4.94. The highest BCUT2D eigenvalue weighted by atomic mass is 32.1. The summed E-state index contributed by atoms with van der Waals surface area (Å²) in [4.78, 5) is 37.9. The lowest BCUT2D eigenvalue weighted by atomic mass is 10.4. The molecule has 14 nitrogen and oxygen atoms in total. The molecule has 0 atom stereocenters. The Morgan fingerprint density at radius 1 is 0.563 bits per heavy atom. The number of oxazole rings is 2. The van der Waals surface area contributed by atoms with Crippen LogP contribution in [0.3, 0.4) is 0 Å². The molecule has 9 rings (SSSR count). The molecule has 0 saturated carbocycles. The van der Waals surface area contributed by atoms with Gasteiger partial charge in [0.1, 0.15) is 28.4 Å². The first kappa shape index (κ1) is 82.6. The number of thiazole rings is 3. The van der Waals surface area contributed by atoms with Crippen LogP contribution in [0.4, 0.5) is 0 Å². The van der Waals surface area contributed by atoms with Gasteiger partial charge in [0, 0.05) is 83.3 Å². The second-order valence-corrected chi connectivity index (χ2v) is 14.9. The molecule has 0 unspecified atom stereocenters. The van der Waals surface area contributed by atoms with Crippen molar-refractivity contribution in [1.82, 2.24) is 55.1 Å². The molecule has 1 aliphatic heterocycles. The van der Waals surface area contributed by atoms with Gasteiger partial charge in [-0.3, -0.25) is 19.9 Å². The zero-order valence-electron chi connectivity index (χ0n) is 48.9. The van der Waals surface area contributed by atoms with Gasteiger partial charge in [0.15, 0.2) is 12.3 Å². The van der Waals surface area contributed by atoms with Crippen molar-refractivity contribution in [3.63, 3.8) is 0 Å². The molecule has 71 heavy (non-hydrogen) atoms. The van der Waals surface area contributed by atoms with E-state index in [4.69, 9.17) is 4.42 Å². The van der Waals surface area contributed by atoms with E-state index < -0.39 is 0 Å². The zero-order valence-corrected chi connectivity index (χ0v) is 52.1. The normalized spacial score (nSPS) is 8.39. The summed E-state index contributed by atoms with van der Waals surface area (Å²) in [7, 11) is 0. The molecule has 0 bridgehead atoms. The molecule has 0 spiro atoms. The van der Waals surface area contributed by atoms with Crippen LogP contribution in [-0.2, 0) is 0 Å². The van der Waals surface area contributed by atoms with Crippen molar-refractivity contribution in [2.75, 3.05) is 0 Å². The molecule has 0 aliphatic carbocycles. The Morgan fingerprint density at radius 2 is 1.17 bits per heavy atom. The highest BCUT2D eigenvalue weighted by Gasteiger charge is 1.88. The second-order valence-electron chi connectivity index (χ2n) is 10.6. The lowest BCUT2D eigenvalue weighted by molar-refractivity contribution is 0.521. The Morgan fingerprint density at radius 3 is 1.30 bits per heavy atom. The van der Waals surface area contributed by atoms with Crippen LogP contribution in [0.15, 0.2) is 110 Å². The van der Waals surface area contributed by atoms with Crippen molar-refractivity contribution in [3.8, 4) is 0 Å². The number of imidazole rings is 2. The maximum Gasteiger partial charge on any atom is 0.190 e. The molecule has 0 amide bonds. The lowest BCUT2D eigenvalue weighted by Crippen LogP contribution is -1.68. The first-order chi connectivity index (χ1) is 34.4. The number of rotatable bonds is 0. The minimum Gasteiger partial charge on any atom is -0.452 e. The predicted octanol–water partition coefficient (Wildman–Crippen LogP) is 18.5. The van der Waals surface area contributed by atoms with Crippen molar-refractivity contribution in [2.45, 2.75) is 186 Å². The van der Waals surface area contributed by atoms with Crippen LogP contribution in [0, 0.1) is 62.3 Å². The Bertz CT molecular complexity index is 1640. The molecule has 0 fully saturated rings. The van der Waals surface area contributed by atoms with Crippen molar-refractivity contribution < 1.29 is 8.83 Å². The van der Waals surface area contributed by atoms with E-state index in [2.05, 4.69) is 70.5 Å². The Hall–Kier alpha value is -5.30. The second kappa shape index (κ2) is 73.7. The van der Waals surface area contributed by atoms with Crippen LogP contribution < -0.4 is 0 Å². The molecule has 8 aromatic rings. The molecule has 0 radical (unpaired) electrons. The molecule has 2 N–H and O–H groups in total. The number of aromatic nitrogens is 11. The lowest BCUT2D eigenvalue weighted by Gasteiger charge is -1.72. The van der Waals surface area contributed by atoms with Crippen LogP contribution in [-0.4, -0.2) is 61.3 Å². The quantitative estimate of drug-likeness (QED) is 0.147. The van der Waals surface area contributed by atoms with Gasteiger partial charge < -0.3 is 18.8 Å². The monoisotopic (exact) mass is 1060 g/mol. The van der Waals surface area contributed by atoms with E-state index in [1.54, 1.807) is 102 Å². The zero-order chi connectivity index (χ0) is 56.5. The third-order valence-corrected chi connectivity index (χ3v) is 8.36. The van der Waals surface area contributed by atoms with Gasteiger partial charge >= 0.3 is 0 Å². The average Bonchev–Trinajstić information content (AvgIpc) is 4.25. The van der Waals surface area contributed by atoms with Crippen LogP contribution >= 0.6 is 45.3 Å². The summed E-state index contributed by atoms with van der Waals surface area (Å²) in [5.41, 5.74) is 7.95. The van der Waals surface area contributed by atoms with Crippen molar-refractivity contribution in [2.24, 2.45) is 4.99 Å². The highest BCUT2D eigenvalue weighted by Crippen LogP contribution is 2.04. The van der Waals surface area contributed by atoms with Gasteiger partial charge in [-0.2, -0.15) is 0 Å². The summed E-state index contributed by atoms with van der Waals surface area (Å²) in [6.07, 6.45) is 21.9. The van der Waals surface area contributed by atoms with Crippen molar-refractivity contribution >= 4 is 51.6 Å². The van der Waals surface area contributed by atoms with Gasteiger partial charge in [0.05, 0.1) is 34.2 Å². The number of allylic oxidation sites excluding steroid dienone is 2. The standard InChI is InChI=1S/C5H7N.C4H6N2S.2C4H6N2.2C4H5NO.3C4H5NS.8C2H6/c1-5-3-2-4-6-5;1-3-5-6-4(2)7-3;1-4-2-5-3-6-4;1-4-5-2-3-6-4;1-4-2-6-3-5-4;1-4-5-2-3-6-4;1-4-2-6-3-5-4;1-4-2-5-3-6-4;1-4-5-2-3-6-4;8*1-2/h3-4H,2H2,1H3;1-2H3;2*2-3H,1H3,(H,5,6);5*2-3H,1H3;8*1-2H3. The first-order valence-electron chi connectivity index (χ1n) is 24.6. The first-order valence-corrected chi connectivity index (χ1v) is 28.1. The van der Waals surface area contributed by atoms with Crippen LogP contribution in [0.2, 0.25) is 0 Å². The molecule has 8 aromatic heterocycles. The summed E-state index contributed by atoms with van der Waals surface area (Å²) in [5.74, 6) is 1.69. The average molecular weight is 1060 g/mol. The summed E-state index contributed by atoms with van der Waals surface area (Å²) >= 11 is 6.58. The predicted molar refractivity (Wildman–Crippen MR) is 317 cm³/mol. The SMILES string of the molecule is CC.CC.CC.CC.CC.CC.CC.CC.CC1=CCC=N1.Cc1cnc[nH]1.Cc1cncs1.Cc1cocn1.Cc1cscn1.Cc1ncc[nH]1.Cc1ncco1.Cc1nccs1.Cc1nnc(C)s1. The number of hydrogen-bond donors (Lipinski definition) is 2. The molecule has 1 aliphatic rings. The molecule has 0 saturated heterocycles. The van der Waals surface area contributed by atoms with Crippen molar-refractivity contribution in [1.29, 1.82) is 0 Å². The Balaban J connectivity index is -0.000000101. The number of aliphatic imine (C=N–C) groups is 1. The molecule has 18 heteroatoms. The van der Waals surface area contributed by atoms with E-state index in [-0.39, 0.29) is 0 Å². The summed E-state index contributed by atoms with van der Waals surface area (Å²) < 4.78 is 9.33. The third-order valence-electron chi connectivity index (χ3n) is 5.49. The van der Waals surface area contributed by atoms with Gasteiger partial charge in [-0.1, -0.05) is 117 Å². The highest BCUT2D eigenvalue weighted by molar-refractivity contribution is 7.11. The van der Waals surface area contributed by atoms with Gasteiger partial charge in [0.25, 0.3) is 0 Å². The van der Waals surface area contributed by atoms with E-state index in [1.165, 1.54) is 11.3 Å². The van der Waals surface area contributed by atoms with Crippen LogP contribution in [0.5, 0.6) is 0 Å². The Kier molecular flexibility index (Phi) is 85.7. The van der Waals surface area contributed by atoms with E-state index >= 15 is 0 Å². The number of aryl methyl sites for hydroxylation is 9. The number of hydrogen-bond acceptors (Lipinski definition) is 16. The molecule has 0 aromatic carbocycles.